The van der Waals surface area contributed by atoms with Gasteiger partial charge in [0.15, 0.2) is 0 Å². The lowest BCUT2D eigenvalue weighted by Crippen LogP contribution is -2.31. The third kappa shape index (κ3) is 1.72. The molecule has 4 heteroatoms. The molecular formula is C13H15FN2O. The van der Waals surface area contributed by atoms with Crippen molar-refractivity contribution in [2.24, 2.45) is 5.41 Å². The van der Waals surface area contributed by atoms with Crippen molar-refractivity contribution in [3.8, 4) is 0 Å². The van der Waals surface area contributed by atoms with Crippen LogP contribution in [0, 0.1) is 11.2 Å². The molecule has 1 aromatic carbocycles. The van der Waals surface area contributed by atoms with Crippen LogP contribution >= 0.6 is 0 Å². The summed E-state index contributed by atoms with van der Waals surface area (Å²) in [6, 6.07) is 4.34. The van der Waals surface area contributed by atoms with Gasteiger partial charge in [-0.2, -0.15) is 0 Å². The Labute approximate surface area is 99.4 Å². The molecule has 17 heavy (non-hydrogen) atoms. The predicted octanol–water partition coefficient (Wildman–Crippen LogP) is 2.21. The molecule has 1 saturated carbocycles. The van der Waals surface area contributed by atoms with Crippen LogP contribution in [0.5, 0.6) is 0 Å². The van der Waals surface area contributed by atoms with Crippen molar-refractivity contribution < 1.29 is 9.18 Å². The Balaban J connectivity index is 1.86. The van der Waals surface area contributed by atoms with Crippen molar-refractivity contribution >= 4 is 11.6 Å². The lowest BCUT2D eigenvalue weighted by atomic mass is 10.1. The Morgan fingerprint density at radius 1 is 1.47 bits per heavy atom. The number of rotatable bonds is 2. The van der Waals surface area contributed by atoms with Crippen molar-refractivity contribution in [2.45, 2.75) is 32.4 Å². The van der Waals surface area contributed by atoms with E-state index >= 15 is 0 Å². The van der Waals surface area contributed by atoms with E-state index in [1.165, 1.54) is 12.1 Å². The lowest BCUT2D eigenvalue weighted by molar-refractivity contribution is -0.117. The van der Waals surface area contributed by atoms with Gasteiger partial charge in [-0.05, 0) is 30.0 Å². The van der Waals surface area contributed by atoms with Gasteiger partial charge in [0, 0.05) is 17.3 Å². The quantitative estimate of drug-likeness (QED) is 0.823. The molecule has 2 atom stereocenters. The number of halogens is 1. The first-order chi connectivity index (χ1) is 7.97. The molecule has 0 spiro atoms. The largest absolute Gasteiger partial charge is 0.324 e. The van der Waals surface area contributed by atoms with Crippen LogP contribution in [0.3, 0.4) is 0 Å². The lowest BCUT2D eigenvalue weighted by Gasteiger charge is -2.12. The summed E-state index contributed by atoms with van der Waals surface area (Å²) in [5.41, 5.74) is 1.68. The van der Waals surface area contributed by atoms with Crippen molar-refractivity contribution in [3.63, 3.8) is 0 Å². The molecular weight excluding hydrogens is 219 g/mol. The molecule has 0 bridgehead atoms. The van der Waals surface area contributed by atoms with Crippen LogP contribution < -0.4 is 10.6 Å². The molecule has 0 radical (unpaired) electrons. The van der Waals surface area contributed by atoms with E-state index in [0.29, 0.717) is 11.7 Å². The molecule has 1 fully saturated rings. The van der Waals surface area contributed by atoms with Gasteiger partial charge in [0.2, 0.25) is 5.91 Å². The van der Waals surface area contributed by atoms with Crippen LogP contribution in [0.4, 0.5) is 10.1 Å². The fourth-order valence-corrected chi connectivity index (χ4v) is 2.35. The Bertz CT molecular complexity index is 498. The standard InChI is InChI=1S/C13H15FN2O/c1-13(2)6-10(13)16-11-8-5-7(14)3-4-9(8)15-12(11)17/h3-5,10-11,16H,6H2,1-2H3,(H,15,17). The Kier molecular flexibility index (Phi) is 2.08. The maximum Gasteiger partial charge on any atom is 0.246 e. The van der Waals surface area contributed by atoms with Gasteiger partial charge in [-0.3, -0.25) is 10.1 Å². The highest BCUT2D eigenvalue weighted by molar-refractivity contribution is 6.02. The molecule has 2 N–H and O–H groups in total. The summed E-state index contributed by atoms with van der Waals surface area (Å²) in [5.74, 6) is -0.393. The highest BCUT2D eigenvalue weighted by Crippen LogP contribution is 2.46. The predicted molar refractivity (Wildman–Crippen MR) is 63.1 cm³/mol. The number of fused-ring (bicyclic) bond motifs is 1. The van der Waals surface area contributed by atoms with Gasteiger partial charge in [-0.25, -0.2) is 4.39 Å². The van der Waals surface area contributed by atoms with Crippen LogP contribution in [0.15, 0.2) is 18.2 Å². The van der Waals surface area contributed by atoms with Crippen LogP contribution in [0.1, 0.15) is 31.9 Å². The number of anilines is 1. The number of hydrogen-bond donors (Lipinski definition) is 2. The number of nitrogens with one attached hydrogen (secondary N) is 2. The fraction of sp³-hybridized carbons (Fsp3) is 0.462. The van der Waals surface area contributed by atoms with Gasteiger partial charge in [0.25, 0.3) is 0 Å². The fourth-order valence-electron chi connectivity index (χ4n) is 2.35. The van der Waals surface area contributed by atoms with Gasteiger partial charge < -0.3 is 5.32 Å². The normalized spacial score (nSPS) is 28.8. The van der Waals surface area contributed by atoms with Crippen molar-refractivity contribution in [2.75, 3.05) is 5.32 Å². The highest BCUT2D eigenvalue weighted by Gasteiger charge is 2.48. The van der Waals surface area contributed by atoms with Crippen LogP contribution in [-0.2, 0) is 4.79 Å². The SMILES string of the molecule is CC1(C)CC1NC1C(=O)Nc2ccc(F)cc21. The molecule has 3 rings (SSSR count). The number of hydrogen-bond acceptors (Lipinski definition) is 2. The average Bonchev–Trinajstić information content (AvgIpc) is 2.73. The van der Waals surface area contributed by atoms with E-state index in [1.807, 2.05) is 0 Å². The van der Waals surface area contributed by atoms with Crippen molar-refractivity contribution in [1.29, 1.82) is 0 Å². The first-order valence-electron chi connectivity index (χ1n) is 5.84. The van der Waals surface area contributed by atoms with Crippen molar-refractivity contribution in [3.05, 3.63) is 29.6 Å². The van der Waals surface area contributed by atoms with E-state index < -0.39 is 6.04 Å². The third-order valence-electron chi connectivity index (χ3n) is 3.73. The number of amides is 1. The molecule has 0 saturated heterocycles. The molecule has 3 nitrogen and oxygen atoms in total. The molecule has 0 aromatic heterocycles. The zero-order valence-corrected chi connectivity index (χ0v) is 9.88. The second-order valence-electron chi connectivity index (χ2n) is 5.57. The summed E-state index contributed by atoms with van der Waals surface area (Å²) in [7, 11) is 0. The van der Waals surface area contributed by atoms with Gasteiger partial charge in [0.05, 0.1) is 0 Å². The molecule has 1 amide bonds. The smallest absolute Gasteiger partial charge is 0.246 e. The van der Waals surface area contributed by atoms with E-state index in [9.17, 15) is 9.18 Å². The van der Waals surface area contributed by atoms with E-state index in [4.69, 9.17) is 0 Å². The molecule has 1 aliphatic carbocycles. The first-order valence-corrected chi connectivity index (χ1v) is 5.84. The number of carbonyl (C=O) groups is 1. The monoisotopic (exact) mass is 234 g/mol. The van der Waals surface area contributed by atoms with Crippen LogP contribution in [0.25, 0.3) is 0 Å². The van der Waals surface area contributed by atoms with Crippen LogP contribution in [0.2, 0.25) is 0 Å². The summed E-state index contributed by atoms with van der Waals surface area (Å²) in [6.07, 6.45) is 1.06. The van der Waals surface area contributed by atoms with Gasteiger partial charge in [0.1, 0.15) is 11.9 Å². The van der Waals surface area contributed by atoms with Crippen molar-refractivity contribution in [1.82, 2.24) is 5.32 Å². The number of carbonyl (C=O) groups excluding carboxylic acids is 1. The third-order valence-corrected chi connectivity index (χ3v) is 3.73. The molecule has 2 unspecified atom stereocenters. The minimum absolute atomic E-state index is 0.0895. The molecule has 90 valence electrons. The zero-order valence-electron chi connectivity index (χ0n) is 9.88. The minimum atomic E-state index is -0.410. The van der Waals surface area contributed by atoms with Gasteiger partial charge in [-0.1, -0.05) is 13.8 Å². The summed E-state index contributed by atoms with van der Waals surface area (Å²) < 4.78 is 13.2. The summed E-state index contributed by atoms with van der Waals surface area (Å²) >= 11 is 0. The second-order valence-corrected chi connectivity index (χ2v) is 5.57. The number of benzene rings is 1. The maximum atomic E-state index is 13.2. The molecule has 1 aromatic rings. The van der Waals surface area contributed by atoms with E-state index in [1.54, 1.807) is 6.07 Å². The second kappa shape index (κ2) is 3.29. The van der Waals surface area contributed by atoms with Gasteiger partial charge >= 0.3 is 0 Å². The maximum absolute atomic E-state index is 13.2. The minimum Gasteiger partial charge on any atom is -0.324 e. The summed E-state index contributed by atoms with van der Waals surface area (Å²) in [6.45, 7) is 4.31. The zero-order chi connectivity index (χ0) is 12.2. The molecule has 1 heterocycles. The Hall–Kier alpha value is -1.42. The van der Waals surface area contributed by atoms with Gasteiger partial charge in [-0.15, -0.1) is 0 Å². The Morgan fingerprint density at radius 3 is 2.82 bits per heavy atom. The Morgan fingerprint density at radius 2 is 2.18 bits per heavy atom. The van der Waals surface area contributed by atoms with E-state index in [0.717, 1.165) is 12.0 Å². The van der Waals surface area contributed by atoms with E-state index in [2.05, 4.69) is 24.5 Å². The van der Waals surface area contributed by atoms with Crippen LogP contribution in [-0.4, -0.2) is 11.9 Å². The first kappa shape index (κ1) is 10.7. The average molecular weight is 234 g/mol. The topological polar surface area (TPSA) is 41.1 Å². The summed E-state index contributed by atoms with van der Waals surface area (Å²) in [4.78, 5) is 11.8. The molecule has 1 aliphatic heterocycles. The van der Waals surface area contributed by atoms with E-state index in [-0.39, 0.29) is 17.1 Å². The summed E-state index contributed by atoms with van der Waals surface area (Å²) in [5, 5.41) is 6.06. The highest BCUT2D eigenvalue weighted by atomic mass is 19.1. The molecule has 2 aliphatic rings.